The van der Waals surface area contributed by atoms with Crippen molar-refractivity contribution in [3.63, 3.8) is 0 Å². The minimum Gasteiger partial charge on any atom is -0.481 e. The number of hydrogen-bond acceptors (Lipinski definition) is 13. The number of aliphatic carboxylic acids is 2. The number of benzene rings is 3. The van der Waals surface area contributed by atoms with E-state index in [0.717, 1.165) is 32.5 Å². The maximum atomic E-state index is 14.9. The van der Waals surface area contributed by atoms with Gasteiger partial charge in [0.2, 0.25) is 41.4 Å². The van der Waals surface area contributed by atoms with E-state index in [1.807, 2.05) is 18.2 Å². The number of carboxylic acid groups (broad SMARTS) is 2. The number of aromatic amines is 1. The number of halogens is 1. The molecule has 1 aliphatic rings. The van der Waals surface area contributed by atoms with Gasteiger partial charge in [0.15, 0.2) is 0 Å². The Labute approximate surface area is 453 Å². The molecule has 5 rings (SSSR count). The molecule has 14 N–H and O–H groups in total. The first kappa shape index (κ1) is 60.2. The molecule has 0 radical (unpaired) electrons. The first-order valence-corrected chi connectivity index (χ1v) is 27.4. The number of carboxylic acids is 2. The molecule has 4 aromatic rings. The van der Waals surface area contributed by atoms with Crippen LogP contribution in [0.4, 0.5) is 0 Å². The Bertz CT molecular complexity index is 2690. The smallest absolute Gasteiger partial charge is 0.326 e. The Morgan fingerprint density at radius 2 is 1.29 bits per heavy atom. The van der Waals surface area contributed by atoms with E-state index in [4.69, 9.17) is 23.1 Å². The SMILES string of the molecule is CC(C)[C@H](NC(=O)[C@@H]1CSSC(C)(C)[C@H](NC(=O)[C@@H](N)CC(=O)O)C(=O)N[C@@H](Cc2ccccc2)C(=O)N[C@@H](Cc2c[nH]c3ccccc23)C(=O)N[C@@H](CCCCN)C(=O)N[C@@H](Cc2ccc(Cl)cc2)C(=O)N1)C(=O)O. The van der Waals surface area contributed by atoms with Crippen LogP contribution >= 0.6 is 33.2 Å². The summed E-state index contributed by atoms with van der Waals surface area (Å²) in [5, 5.41) is 39.6. The maximum absolute atomic E-state index is 14.9. The van der Waals surface area contributed by atoms with Crippen molar-refractivity contribution in [2.75, 3.05) is 12.3 Å². The van der Waals surface area contributed by atoms with Crippen LogP contribution in [0.3, 0.4) is 0 Å². The standard InChI is InChI=1S/C52H67ClN10O11S2/c1-28(2)42(51(73)74)62-49(71)40-27-75-76-52(3,4)43(63-44(66)34(55)25-41(64)65)50(72)60-38(22-29-12-6-5-7-13-29)46(68)59-39(24-31-26-56-35-15-9-8-14-33(31)35)48(70)57-36(16-10-11-21-54)45(67)58-37(47(69)61-40)23-30-17-19-32(53)20-18-30/h5-9,12-15,17-20,26,28,34,36-40,42-43,56H,10-11,16,21-25,27,54-55H2,1-4H3,(H,57,70)(H,58,67)(H,59,68)(H,60,72)(H,61,69)(H,62,71)(H,63,66)(H,64,65)(H,73,74)/t34-,36-,37-,38-,39-,40-,42-,43+/m0/s1. The highest BCUT2D eigenvalue weighted by Crippen LogP contribution is 2.39. The molecule has 0 unspecified atom stereocenters. The average molecular weight is 1110 g/mol. The number of nitrogens with two attached hydrogens (primary N) is 2. The van der Waals surface area contributed by atoms with E-state index in [2.05, 4.69) is 42.2 Å². The first-order chi connectivity index (χ1) is 36.1. The molecule has 1 fully saturated rings. The van der Waals surface area contributed by atoms with Crippen molar-refractivity contribution < 1.29 is 53.4 Å². The molecule has 1 saturated heterocycles. The molecule has 8 atom stereocenters. The molecule has 0 bridgehead atoms. The van der Waals surface area contributed by atoms with E-state index < -0.39 is 119 Å². The second-order valence-electron chi connectivity index (χ2n) is 19.4. The predicted octanol–water partition coefficient (Wildman–Crippen LogP) is 2.09. The van der Waals surface area contributed by atoms with Gasteiger partial charge in [-0.3, -0.25) is 38.4 Å². The zero-order valence-electron chi connectivity index (χ0n) is 42.6. The molecule has 0 saturated carbocycles. The molecule has 24 heteroatoms. The molecule has 76 heavy (non-hydrogen) atoms. The predicted molar refractivity (Wildman–Crippen MR) is 291 cm³/mol. The molecule has 0 aliphatic carbocycles. The van der Waals surface area contributed by atoms with Gasteiger partial charge in [0.25, 0.3) is 0 Å². The van der Waals surface area contributed by atoms with Crippen molar-refractivity contribution in [3.8, 4) is 0 Å². The Morgan fingerprint density at radius 3 is 1.89 bits per heavy atom. The third-order valence-electron chi connectivity index (χ3n) is 12.6. The fourth-order valence-electron chi connectivity index (χ4n) is 8.30. The maximum Gasteiger partial charge on any atom is 0.326 e. The van der Waals surface area contributed by atoms with Crippen LogP contribution in [0.2, 0.25) is 5.02 Å². The van der Waals surface area contributed by atoms with Crippen molar-refractivity contribution in [2.45, 2.75) is 126 Å². The third-order valence-corrected chi connectivity index (χ3v) is 16.1. The van der Waals surface area contributed by atoms with Gasteiger partial charge in [0, 0.05) is 51.9 Å². The molecule has 21 nitrogen and oxygen atoms in total. The minimum atomic E-state index is -1.61. The van der Waals surface area contributed by atoms with Crippen LogP contribution < -0.4 is 48.7 Å². The molecule has 7 amide bonds. The Balaban J connectivity index is 1.66. The van der Waals surface area contributed by atoms with Crippen molar-refractivity contribution in [3.05, 3.63) is 107 Å². The Morgan fingerprint density at radius 1 is 0.737 bits per heavy atom. The fourth-order valence-corrected chi connectivity index (χ4v) is 11.2. The summed E-state index contributed by atoms with van der Waals surface area (Å²) in [5.74, 6) is -9.70. The van der Waals surface area contributed by atoms with Gasteiger partial charge in [0.1, 0.15) is 42.3 Å². The van der Waals surface area contributed by atoms with E-state index in [-0.39, 0.29) is 38.0 Å². The second-order valence-corrected chi connectivity index (χ2v) is 22.8. The number of unbranched alkanes of at least 4 members (excludes halogenated alkanes) is 1. The number of carbonyl (C=O) groups is 9. The van der Waals surface area contributed by atoms with Gasteiger partial charge in [0.05, 0.1) is 12.5 Å². The molecule has 3 aromatic carbocycles. The highest BCUT2D eigenvalue weighted by Gasteiger charge is 2.42. The number of aromatic nitrogens is 1. The van der Waals surface area contributed by atoms with Gasteiger partial charge in [-0.1, -0.05) is 108 Å². The van der Waals surface area contributed by atoms with Crippen LogP contribution in [0.25, 0.3) is 10.9 Å². The monoisotopic (exact) mass is 1110 g/mol. The summed E-state index contributed by atoms with van der Waals surface area (Å²) in [4.78, 5) is 129. The molecule has 2 heterocycles. The molecule has 1 aliphatic heterocycles. The number of H-pyrrole nitrogens is 1. The van der Waals surface area contributed by atoms with Gasteiger partial charge in [-0.15, -0.1) is 0 Å². The van der Waals surface area contributed by atoms with Gasteiger partial charge in [-0.05, 0) is 80.5 Å². The number of fused-ring (bicyclic) bond motifs is 1. The number of hydrogen-bond donors (Lipinski definition) is 12. The minimum absolute atomic E-state index is 0.0359. The van der Waals surface area contributed by atoms with Crippen LogP contribution in [0, 0.1) is 5.92 Å². The summed E-state index contributed by atoms with van der Waals surface area (Å²) in [6.45, 7) is 6.55. The van der Waals surface area contributed by atoms with Crippen molar-refractivity contribution in [2.24, 2.45) is 17.4 Å². The lowest BCUT2D eigenvalue weighted by Gasteiger charge is -2.35. The van der Waals surface area contributed by atoms with Crippen molar-refractivity contribution in [1.29, 1.82) is 0 Å². The lowest BCUT2D eigenvalue weighted by molar-refractivity contribution is -0.143. The number of nitrogens with one attached hydrogen (secondary N) is 8. The van der Waals surface area contributed by atoms with E-state index in [9.17, 15) is 53.4 Å². The van der Waals surface area contributed by atoms with Crippen LogP contribution in [0.5, 0.6) is 0 Å². The third kappa shape index (κ3) is 17.7. The first-order valence-electron chi connectivity index (χ1n) is 24.7. The lowest BCUT2D eigenvalue weighted by Crippen LogP contribution is -2.63. The summed E-state index contributed by atoms with van der Waals surface area (Å²) in [6, 6.07) is 10.8. The van der Waals surface area contributed by atoms with Gasteiger partial charge in [-0.2, -0.15) is 0 Å². The number of amides is 7. The number of rotatable bonds is 18. The molecular formula is C52H67ClN10O11S2. The van der Waals surface area contributed by atoms with E-state index in [0.29, 0.717) is 34.6 Å². The fraction of sp³-hybridized carbons (Fsp3) is 0.442. The summed E-state index contributed by atoms with van der Waals surface area (Å²) in [7, 11) is 1.94. The summed E-state index contributed by atoms with van der Waals surface area (Å²) >= 11 is 6.20. The zero-order valence-corrected chi connectivity index (χ0v) is 44.9. The summed E-state index contributed by atoms with van der Waals surface area (Å²) < 4.78 is -1.41. The quantitative estimate of drug-likeness (QED) is 0.0502. The normalized spacial score (nSPS) is 21.9. The Kier molecular flexibility index (Phi) is 22.6. The average Bonchev–Trinajstić information content (AvgIpc) is 3.78. The van der Waals surface area contributed by atoms with Crippen LogP contribution in [0.1, 0.15) is 70.1 Å². The topological polar surface area (TPSA) is 346 Å². The number of carbonyl (C=O) groups excluding carboxylic acids is 7. The van der Waals surface area contributed by atoms with E-state index in [1.165, 1.54) is 0 Å². The highest BCUT2D eigenvalue weighted by atomic mass is 35.5. The van der Waals surface area contributed by atoms with Gasteiger partial charge < -0.3 is 63.9 Å². The molecule has 410 valence electrons. The van der Waals surface area contributed by atoms with Crippen molar-refractivity contribution >= 4 is 97.4 Å². The number of para-hydroxylation sites is 1. The second kappa shape index (κ2) is 28.5. The van der Waals surface area contributed by atoms with Crippen LogP contribution in [0.15, 0.2) is 85.1 Å². The van der Waals surface area contributed by atoms with E-state index in [1.54, 1.807) is 94.6 Å². The molecular weight excluding hydrogens is 1040 g/mol. The van der Waals surface area contributed by atoms with Crippen LogP contribution in [-0.4, -0.2) is 134 Å². The van der Waals surface area contributed by atoms with Crippen molar-refractivity contribution in [1.82, 2.24) is 42.2 Å². The van der Waals surface area contributed by atoms with Crippen LogP contribution in [-0.2, 0) is 62.4 Å². The van der Waals surface area contributed by atoms with Gasteiger partial charge in [-0.25, -0.2) is 4.79 Å². The largest absolute Gasteiger partial charge is 0.481 e. The molecule has 0 spiro atoms. The molecule has 1 aromatic heterocycles. The highest BCUT2D eigenvalue weighted by molar-refractivity contribution is 8.77. The lowest BCUT2D eigenvalue weighted by atomic mass is 9.98. The Hall–Kier alpha value is -6.66. The summed E-state index contributed by atoms with van der Waals surface area (Å²) in [6.07, 6.45) is 1.35. The summed E-state index contributed by atoms with van der Waals surface area (Å²) in [5.41, 5.74) is 14.4. The van der Waals surface area contributed by atoms with E-state index >= 15 is 0 Å². The zero-order chi connectivity index (χ0) is 55.7. The van der Waals surface area contributed by atoms with Gasteiger partial charge >= 0.3 is 11.9 Å².